The largest absolute Gasteiger partial charge is 0.372 e. The van der Waals surface area contributed by atoms with Gasteiger partial charge in [-0.05, 0) is 80.6 Å². The van der Waals surface area contributed by atoms with E-state index in [1.54, 1.807) is 11.3 Å². The molecule has 2 N–H and O–H groups in total. The first-order valence-electron chi connectivity index (χ1n) is 13.1. The van der Waals surface area contributed by atoms with Crippen molar-refractivity contribution in [3.8, 4) is 0 Å². The van der Waals surface area contributed by atoms with Crippen LogP contribution in [-0.4, -0.2) is 24.8 Å². The fourth-order valence-corrected chi connectivity index (χ4v) is 6.43. The molecule has 7 heteroatoms. The molecule has 5 rings (SSSR count). The maximum Gasteiger partial charge on any atom is 0.254 e. The third-order valence-corrected chi connectivity index (χ3v) is 8.51. The Morgan fingerprint density at radius 1 is 1.05 bits per heavy atom. The highest BCUT2D eigenvalue weighted by molar-refractivity contribution is 7.10. The van der Waals surface area contributed by atoms with Crippen LogP contribution in [0.25, 0.3) is 0 Å². The van der Waals surface area contributed by atoms with Gasteiger partial charge in [0.1, 0.15) is 5.82 Å². The maximum absolute atomic E-state index is 13.8. The van der Waals surface area contributed by atoms with Crippen molar-refractivity contribution in [2.24, 2.45) is 0 Å². The number of halogens is 1. The number of Topliss-reactive ketones (excluding diaryl/α,β-unsaturated/α-hetero) is 1. The Morgan fingerprint density at radius 3 is 2.39 bits per heavy atom. The molecule has 1 aromatic heterocycles. The van der Waals surface area contributed by atoms with Crippen LogP contribution in [0.2, 0.25) is 0 Å². The second-order valence-electron chi connectivity index (χ2n) is 9.76. The summed E-state index contributed by atoms with van der Waals surface area (Å²) in [7, 11) is 0. The lowest BCUT2D eigenvalue weighted by Gasteiger charge is -2.37. The van der Waals surface area contributed by atoms with Gasteiger partial charge in [-0.1, -0.05) is 18.2 Å². The Morgan fingerprint density at radius 2 is 1.76 bits per heavy atom. The Kier molecular flexibility index (Phi) is 7.47. The minimum atomic E-state index is -0.491. The van der Waals surface area contributed by atoms with E-state index in [-0.39, 0.29) is 23.4 Å². The van der Waals surface area contributed by atoms with E-state index in [0.29, 0.717) is 23.3 Å². The quantitative estimate of drug-likeness (QED) is 0.356. The number of nitrogens with zero attached hydrogens (tertiary/aromatic N) is 1. The number of anilines is 2. The van der Waals surface area contributed by atoms with Crippen molar-refractivity contribution >= 4 is 34.4 Å². The number of hydrogen-bond acceptors (Lipinski definition) is 5. The van der Waals surface area contributed by atoms with Crippen molar-refractivity contribution < 1.29 is 14.0 Å². The number of rotatable bonds is 7. The summed E-state index contributed by atoms with van der Waals surface area (Å²) >= 11 is 1.67. The first kappa shape index (κ1) is 25.9. The highest BCUT2D eigenvalue weighted by Crippen LogP contribution is 2.46. The average Bonchev–Trinajstić information content (AvgIpc) is 3.45. The predicted octanol–water partition coefficient (Wildman–Crippen LogP) is 6.73. The van der Waals surface area contributed by atoms with Gasteiger partial charge in [-0.3, -0.25) is 9.59 Å². The fraction of sp³-hybridized carbons (Fsp3) is 0.290. The summed E-state index contributed by atoms with van der Waals surface area (Å²) in [4.78, 5) is 30.9. The molecule has 0 fully saturated rings. The Hall–Kier alpha value is -3.71. The third-order valence-electron chi connectivity index (χ3n) is 7.47. The lowest BCUT2D eigenvalue weighted by molar-refractivity contribution is -0.116. The molecule has 2 aromatic carbocycles. The van der Waals surface area contributed by atoms with Gasteiger partial charge < -0.3 is 15.5 Å². The lowest BCUT2D eigenvalue weighted by atomic mass is 9.72. The number of dihydropyridines is 1. The summed E-state index contributed by atoms with van der Waals surface area (Å²) in [6.07, 6.45) is 1.14. The van der Waals surface area contributed by atoms with Crippen molar-refractivity contribution in [3.05, 3.63) is 105 Å². The van der Waals surface area contributed by atoms with Gasteiger partial charge in [0.2, 0.25) is 0 Å². The van der Waals surface area contributed by atoms with Crippen LogP contribution in [0.1, 0.15) is 55.9 Å². The van der Waals surface area contributed by atoms with Crippen molar-refractivity contribution in [2.45, 2.75) is 45.4 Å². The number of carbonyl (C=O) groups is 2. The summed E-state index contributed by atoms with van der Waals surface area (Å²) in [5.41, 5.74) is 5.30. The minimum Gasteiger partial charge on any atom is -0.372 e. The molecule has 3 aromatic rings. The first-order valence-corrected chi connectivity index (χ1v) is 14.0. The van der Waals surface area contributed by atoms with E-state index in [0.717, 1.165) is 42.2 Å². The Bertz CT molecular complexity index is 1390. The molecule has 5 nitrogen and oxygen atoms in total. The molecule has 2 unspecified atom stereocenters. The van der Waals surface area contributed by atoms with Gasteiger partial charge in [0.15, 0.2) is 5.78 Å². The van der Waals surface area contributed by atoms with Crippen LogP contribution < -0.4 is 15.5 Å². The highest BCUT2D eigenvalue weighted by Gasteiger charge is 2.41. The van der Waals surface area contributed by atoms with Crippen molar-refractivity contribution in [1.29, 1.82) is 0 Å². The summed E-state index contributed by atoms with van der Waals surface area (Å²) in [5, 5.41) is 8.39. The Balaban J connectivity index is 1.55. The third kappa shape index (κ3) is 5.03. The average molecular weight is 530 g/mol. The molecule has 0 bridgehead atoms. The molecule has 1 aliphatic carbocycles. The van der Waals surface area contributed by atoms with Crippen LogP contribution >= 0.6 is 11.3 Å². The minimum absolute atomic E-state index is 0.0644. The molecule has 0 spiro atoms. The van der Waals surface area contributed by atoms with Crippen molar-refractivity contribution in [3.63, 3.8) is 0 Å². The van der Waals surface area contributed by atoms with Gasteiger partial charge in [0, 0.05) is 70.1 Å². The zero-order valence-corrected chi connectivity index (χ0v) is 22.7. The Labute approximate surface area is 227 Å². The number of amides is 1. The molecule has 0 saturated heterocycles. The lowest BCUT2D eigenvalue weighted by Crippen LogP contribution is -2.37. The molecule has 2 aliphatic rings. The smallest absolute Gasteiger partial charge is 0.254 e. The van der Waals surface area contributed by atoms with E-state index in [2.05, 4.69) is 47.6 Å². The predicted molar refractivity (Wildman–Crippen MR) is 152 cm³/mol. The number of thiophene rings is 1. The number of allylic oxidation sites excluding steroid dienone is 3. The van der Waals surface area contributed by atoms with Crippen LogP contribution in [0.5, 0.6) is 0 Å². The normalized spacial score (nSPS) is 19.2. The molecular weight excluding hydrogens is 497 g/mol. The molecule has 2 heterocycles. The number of ketones is 1. The van der Waals surface area contributed by atoms with Crippen molar-refractivity contribution in [2.75, 3.05) is 23.3 Å². The standard InChI is InChI=1S/C31H32FN3O2S/c1-4-35(5-2)24-14-8-20(9-15-24)29-28(31(37)34-23-12-10-22(32)11-13-23)19(3)33-25-17-21(18-26(36)30(25)29)27-7-6-16-38-27/h6-16,21,29,33H,4-5,17-18H2,1-3H3,(H,34,37). The summed E-state index contributed by atoms with van der Waals surface area (Å²) in [5.74, 6) is -0.975. The first-order chi connectivity index (χ1) is 18.4. The van der Waals surface area contributed by atoms with E-state index < -0.39 is 5.92 Å². The topological polar surface area (TPSA) is 61.4 Å². The molecule has 196 valence electrons. The van der Waals surface area contributed by atoms with E-state index in [1.165, 1.54) is 29.1 Å². The number of nitrogens with one attached hydrogen (secondary N) is 2. The van der Waals surface area contributed by atoms with Crippen LogP contribution in [0.15, 0.2) is 88.6 Å². The number of hydrogen-bond donors (Lipinski definition) is 2. The molecule has 1 aliphatic heterocycles. The van der Waals surface area contributed by atoms with Gasteiger partial charge >= 0.3 is 0 Å². The van der Waals surface area contributed by atoms with Gasteiger partial charge in [0.05, 0.1) is 0 Å². The SMILES string of the molecule is CCN(CC)c1ccc(C2C(C(=O)Nc3ccc(F)cc3)=C(C)NC3=C2C(=O)CC(c2cccs2)C3)cc1. The van der Waals surface area contributed by atoms with Crippen LogP contribution in [0.3, 0.4) is 0 Å². The molecule has 1 amide bonds. The van der Waals surface area contributed by atoms with Crippen LogP contribution in [0, 0.1) is 5.82 Å². The number of carbonyl (C=O) groups excluding carboxylic acids is 2. The van der Waals surface area contributed by atoms with E-state index in [9.17, 15) is 14.0 Å². The van der Waals surface area contributed by atoms with Crippen LogP contribution in [-0.2, 0) is 9.59 Å². The molecule has 38 heavy (non-hydrogen) atoms. The summed E-state index contributed by atoms with van der Waals surface area (Å²) in [6, 6.07) is 18.0. The molecular formula is C31H32FN3O2S. The molecule has 0 saturated carbocycles. The summed E-state index contributed by atoms with van der Waals surface area (Å²) in [6.45, 7) is 7.92. The van der Waals surface area contributed by atoms with Gasteiger partial charge in [-0.2, -0.15) is 0 Å². The van der Waals surface area contributed by atoms with Crippen LogP contribution in [0.4, 0.5) is 15.8 Å². The second kappa shape index (κ2) is 11.0. The second-order valence-corrected chi connectivity index (χ2v) is 10.7. The monoisotopic (exact) mass is 529 g/mol. The molecule has 0 radical (unpaired) electrons. The van der Waals surface area contributed by atoms with E-state index >= 15 is 0 Å². The number of benzene rings is 2. The fourth-order valence-electron chi connectivity index (χ4n) is 5.60. The molecule has 2 atom stereocenters. The maximum atomic E-state index is 13.8. The van der Waals surface area contributed by atoms with Gasteiger partial charge in [-0.25, -0.2) is 4.39 Å². The van der Waals surface area contributed by atoms with Gasteiger partial charge in [0.25, 0.3) is 5.91 Å². The summed E-state index contributed by atoms with van der Waals surface area (Å²) < 4.78 is 13.4. The van der Waals surface area contributed by atoms with Crippen molar-refractivity contribution in [1.82, 2.24) is 5.32 Å². The van der Waals surface area contributed by atoms with Gasteiger partial charge in [-0.15, -0.1) is 11.3 Å². The van der Waals surface area contributed by atoms with E-state index in [4.69, 9.17) is 0 Å². The zero-order chi connectivity index (χ0) is 26.8. The van der Waals surface area contributed by atoms with E-state index in [1.807, 2.05) is 30.5 Å². The zero-order valence-electron chi connectivity index (χ0n) is 21.9. The highest BCUT2D eigenvalue weighted by atomic mass is 32.1.